The molecule has 4 heteroatoms. The van der Waals surface area contributed by atoms with Crippen LogP contribution in [0.4, 0.5) is 0 Å². The van der Waals surface area contributed by atoms with Gasteiger partial charge in [-0.15, -0.1) is 0 Å². The molecule has 0 aliphatic heterocycles. The maximum atomic E-state index is 10.1. The van der Waals surface area contributed by atoms with Gasteiger partial charge in [0.25, 0.3) is 0 Å². The summed E-state index contributed by atoms with van der Waals surface area (Å²) < 4.78 is 0. The zero-order valence-electron chi connectivity index (χ0n) is 4.18. The molecule has 0 bridgehead atoms. The van der Waals surface area contributed by atoms with Crippen molar-refractivity contribution in [3.05, 3.63) is 12.8 Å². The molecule has 0 saturated heterocycles. The summed E-state index contributed by atoms with van der Waals surface area (Å²) in [4.78, 5) is 19.9. The fourth-order valence-corrected chi connectivity index (χ4v) is 0.164. The van der Waals surface area contributed by atoms with Crippen LogP contribution in [0.25, 0.3) is 0 Å². The number of carbonyl (C=O) groups excluding carboxylic acids is 2. The smallest absolute Gasteiger partial charge is 0.312 e. The summed E-state index contributed by atoms with van der Waals surface area (Å²) in [7, 11) is 0. The fourth-order valence-electron chi connectivity index (χ4n) is 0.164. The molecule has 0 saturated carbocycles. The molecule has 0 heterocycles. The molecule has 0 radical (unpaired) electrons. The molecule has 44 valence electrons. The van der Waals surface area contributed by atoms with Crippen LogP contribution in [-0.2, 0) is 9.59 Å². The molecule has 0 fully saturated rings. The third-order valence-corrected chi connectivity index (χ3v) is 0.457. The van der Waals surface area contributed by atoms with Gasteiger partial charge in [0.15, 0.2) is 0 Å². The lowest BCUT2D eigenvalue weighted by Gasteiger charge is -1.88. The highest BCUT2D eigenvalue weighted by molar-refractivity contribution is 6.34. The Morgan fingerprint density at radius 2 is 2.12 bits per heavy atom. The molecule has 4 nitrogen and oxygen atoms in total. The van der Waals surface area contributed by atoms with E-state index in [4.69, 9.17) is 0 Å². The predicted molar refractivity (Wildman–Crippen MR) is 27.5 cm³/mol. The average molecular weight is 114 g/mol. The van der Waals surface area contributed by atoms with Crippen molar-refractivity contribution >= 4 is 11.8 Å². The van der Waals surface area contributed by atoms with E-state index in [1.165, 1.54) is 0 Å². The van der Waals surface area contributed by atoms with Crippen LogP contribution in [0.3, 0.4) is 0 Å². The van der Waals surface area contributed by atoms with Gasteiger partial charge in [0.2, 0.25) is 0 Å². The molecule has 8 heavy (non-hydrogen) atoms. The minimum atomic E-state index is -1.01. The zero-order chi connectivity index (χ0) is 6.57. The second-order valence-corrected chi connectivity index (χ2v) is 1.04. The molecule has 0 spiro atoms. The Morgan fingerprint density at radius 3 is 2.25 bits per heavy atom. The highest BCUT2D eigenvalue weighted by atomic mass is 16.2. The largest absolute Gasteiger partial charge is 0.361 e. The lowest BCUT2D eigenvalue weighted by Crippen LogP contribution is -2.32. The fraction of sp³-hybridized carbons (Fsp3) is 0. The molecule has 0 aromatic carbocycles. The van der Waals surface area contributed by atoms with Crippen LogP contribution < -0.4 is 11.1 Å². The summed E-state index contributed by atoms with van der Waals surface area (Å²) >= 11 is 0. The van der Waals surface area contributed by atoms with Crippen molar-refractivity contribution in [1.29, 1.82) is 0 Å². The van der Waals surface area contributed by atoms with E-state index in [0.717, 1.165) is 6.20 Å². The molecule has 0 aliphatic rings. The first-order valence-corrected chi connectivity index (χ1v) is 1.89. The van der Waals surface area contributed by atoms with E-state index in [9.17, 15) is 9.59 Å². The summed E-state index contributed by atoms with van der Waals surface area (Å²) in [5.41, 5.74) is 4.52. The van der Waals surface area contributed by atoms with Crippen LogP contribution in [0.2, 0.25) is 0 Å². The summed E-state index contributed by atoms with van der Waals surface area (Å²) in [5, 5.41) is 2.00. The van der Waals surface area contributed by atoms with Gasteiger partial charge in [0.1, 0.15) is 0 Å². The predicted octanol–water partition coefficient (Wildman–Crippen LogP) is -1.27. The van der Waals surface area contributed by atoms with E-state index in [1.54, 1.807) is 0 Å². The SMILES string of the molecule is C=CNC(=O)C(N)=O. The molecule has 0 aromatic heterocycles. The van der Waals surface area contributed by atoms with Gasteiger partial charge in [-0.3, -0.25) is 9.59 Å². The van der Waals surface area contributed by atoms with E-state index in [0.29, 0.717) is 0 Å². The third kappa shape index (κ3) is 1.96. The van der Waals surface area contributed by atoms with Crippen molar-refractivity contribution in [1.82, 2.24) is 5.32 Å². The average Bonchev–Trinajstić information content (AvgIpc) is 1.67. The molecule has 0 rings (SSSR count). The minimum Gasteiger partial charge on any atom is -0.361 e. The molecule has 3 N–H and O–H groups in total. The van der Waals surface area contributed by atoms with Crippen molar-refractivity contribution in [3.63, 3.8) is 0 Å². The van der Waals surface area contributed by atoms with E-state index in [2.05, 4.69) is 12.3 Å². The molecular formula is C4H6N2O2. The normalized spacial score (nSPS) is 7.50. The Hall–Kier alpha value is -1.32. The van der Waals surface area contributed by atoms with E-state index in [-0.39, 0.29) is 0 Å². The van der Waals surface area contributed by atoms with Crippen molar-refractivity contribution in [2.75, 3.05) is 0 Å². The molecular weight excluding hydrogens is 108 g/mol. The van der Waals surface area contributed by atoms with Crippen molar-refractivity contribution in [2.45, 2.75) is 0 Å². The van der Waals surface area contributed by atoms with Crippen molar-refractivity contribution in [3.8, 4) is 0 Å². The highest BCUT2D eigenvalue weighted by Crippen LogP contribution is 1.59. The zero-order valence-corrected chi connectivity index (χ0v) is 4.18. The van der Waals surface area contributed by atoms with Crippen LogP contribution >= 0.6 is 0 Å². The lowest BCUT2D eigenvalue weighted by molar-refractivity contribution is -0.136. The van der Waals surface area contributed by atoms with Crippen LogP contribution in [0.15, 0.2) is 12.8 Å². The first-order valence-electron chi connectivity index (χ1n) is 1.89. The quantitative estimate of drug-likeness (QED) is 0.417. The van der Waals surface area contributed by atoms with Gasteiger partial charge in [-0.05, 0) is 6.20 Å². The number of nitrogens with two attached hydrogens (primary N) is 1. The second-order valence-electron chi connectivity index (χ2n) is 1.04. The number of primary amides is 1. The van der Waals surface area contributed by atoms with Gasteiger partial charge in [-0.25, -0.2) is 0 Å². The molecule has 0 aromatic rings. The number of rotatable bonds is 1. The van der Waals surface area contributed by atoms with E-state index >= 15 is 0 Å². The third-order valence-electron chi connectivity index (χ3n) is 0.457. The van der Waals surface area contributed by atoms with Gasteiger partial charge in [0.05, 0.1) is 0 Å². The summed E-state index contributed by atoms with van der Waals surface area (Å²) in [6.07, 6.45) is 1.09. The first kappa shape index (κ1) is 6.68. The Bertz CT molecular complexity index is 130. The summed E-state index contributed by atoms with van der Waals surface area (Å²) in [5.74, 6) is -1.86. The monoisotopic (exact) mass is 114 g/mol. The second kappa shape index (κ2) is 2.79. The van der Waals surface area contributed by atoms with Crippen molar-refractivity contribution < 1.29 is 9.59 Å². The Balaban J connectivity index is 3.65. The Kier molecular flexibility index (Phi) is 2.33. The van der Waals surface area contributed by atoms with Gasteiger partial charge < -0.3 is 11.1 Å². The van der Waals surface area contributed by atoms with E-state index < -0.39 is 11.8 Å². The number of hydrogen-bond acceptors (Lipinski definition) is 2. The van der Waals surface area contributed by atoms with Gasteiger partial charge in [-0.2, -0.15) is 0 Å². The summed E-state index contributed by atoms with van der Waals surface area (Å²) in [6, 6.07) is 0. The van der Waals surface area contributed by atoms with Gasteiger partial charge in [0, 0.05) is 0 Å². The lowest BCUT2D eigenvalue weighted by atomic mass is 10.6. The van der Waals surface area contributed by atoms with Gasteiger partial charge >= 0.3 is 11.8 Å². The summed E-state index contributed by atoms with van der Waals surface area (Å²) in [6.45, 7) is 3.14. The maximum Gasteiger partial charge on any atom is 0.312 e. The molecule has 0 aliphatic carbocycles. The molecule has 0 atom stereocenters. The first-order chi connectivity index (χ1) is 3.68. The van der Waals surface area contributed by atoms with Crippen LogP contribution in [0, 0.1) is 0 Å². The Labute approximate surface area is 46.4 Å². The van der Waals surface area contributed by atoms with Crippen LogP contribution in [0.5, 0.6) is 0 Å². The van der Waals surface area contributed by atoms with E-state index in [1.807, 2.05) is 5.32 Å². The topological polar surface area (TPSA) is 72.2 Å². The highest BCUT2D eigenvalue weighted by Gasteiger charge is 2.02. The van der Waals surface area contributed by atoms with Gasteiger partial charge in [-0.1, -0.05) is 6.58 Å². The standard InChI is InChI=1S/C4H6N2O2/c1-2-6-4(8)3(5)7/h2H,1H2,(H2,5,7)(H,6,8). The number of carbonyl (C=O) groups is 2. The maximum absolute atomic E-state index is 10.1. The van der Waals surface area contributed by atoms with Crippen LogP contribution in [-0.4, -0.2) is 11.8 Å². The van der Waals surface area contributed by atoms with Crippen LogP contribution in [0.1, 0.15) is 0 Å². The molecule has 0 unspecified atom stereocenters. The number of amides is 2. The number of nitrogens with one attached hydrogen (secondary N) is 1. The Morgan fingerprint density at radius 1 is 1.62 bits per heavy atom. The minimum absolute atomic E-state index is 0.847. The molecule has 2 amide bonds. The van der Waals surface area contributed by atoms with Crippen molar-refractivity contribution in [2.24, 2.45) is 5.73 Å². The number of hydrogen-bond donors (Lipinski definition) is 2.